The Kier molecular flexibility index (Phi) is 28.6. The fraction of sp³-hybridized carbons (Fsp3) is 0.853. The second-order valence-electron chi connectivity index (χ2n) is 11.9. The lowest BCUT2D eigenvalue weighted by Crippen LogP contribution is -2.49. The van der Waals surface area contributed by atoms with Gasteiger partial charge in [-0.2, -0.15) is 8.42 Å². The van der Waals surface area contributed by atoms with E-state index in [1.807, 2.05) is 0 Å². The van der Waals surface area contributed by atoms with E-state index in [2.05, 4.69) is 35.5 Å². The molecule has 0 spiro atoms. The lowest BCUT2D eigenvalue weighted by molar-refractivity contribution is -0.131. The first-order valence-corrected chi connectivity index (χ1v) is 18.7. The van der Waals surface area contributed by atoms with E-state index >= 15 is 0 Å². The normalized spacial score (nSPS) is 14.4. The molecule has 0 fully saturated rings. The van der Waals surface area contributed by atoms with E-state index in [0.717, 1.165) is 32.1 Å². The largest absolute Gasteiger partial charge is 0.397 e. The first-order valence-electron chi connectivity index (χ1n) is 17.3. The minimum absolute atomic E-state index is 0.284. The van der Waals surface area contributed by atoms with Crippen LogP contribution in [-0.4, -0.2) is 53.9 Å². The standard InChI is InChI=1S/C34H65NO7S/c1-3-5-7-9-11-13-15-17-19-20-22-24-26-28-32(36)31(30-42-43(39,40)41)35-34(38)33(37)29-27-25-23-21-18-16-14-12-10-8-6-4-2/h19-20,26,28,31-33,36-37H,3-18,21-25,27,29-30H2,1-2H3,(H,35,38)(H,39,40,41). The average molecular weight is 632 g/mol. The number of rotatable bonds is 31. The summed E-state index contributed by atoms with van der Waals surface area (Å²) in [4.78, 5) is 12.5. The molecule has 1 amide bonds. The molecular weight excluding hydrogens is 566 g/mol. The molecule has 0 aromatic carbocycles. The first-order chi connectivity index (χ1) is 20.7. The number of unbranched alkanes of at least 4 members (excludes halogenated alkanes) is 19. The second kappa shape index (κ2) is 29.5. The van der Waals surface area contributed by atoms with E-state index in [-0.39, 0.29) is 6.42 Å². The van der Waals surface area contributed by atoms with Crippen LogP contribution in [0.3, 0.4) is 0 Å². The molecule has 0 aliphatic carbocycles. The maximum absolute atomic E-state index is 12.5. The zero-order chi connectivity index (χ0) is 32.0. The number of nitrogens with one attached hydrogen (secondary N) is 1. The Labute approximate surface area is 264 Å². The summed E-state index contributed by atoms with van der Waals surface area (Å²) in [6, 6.07) is -1.14. The van der Waals surface area contributed by atoms with E-state index in [0.29, 0.717) is 12.8 Å². The Morgan fingerprint density at radius 1 is 0.674 bits per heavy atom. The van der Waals surface area contributed by atoms with Gasteiger partial charge in [-0.3, -0.25) is 9.35 Å². The van der Waals surface area contributed by atoms with Crippen molar-refractivity contribution < 1.29 is 32.2 Å². The molecule has 0 bridgehead atoms. The van der Waals surface area contributed by atoms with Gasteiger partial charge >= 0.3 is 10.4 Å². The van der Waals surface area contributed by atoms with Gasteiger partial charge in [-0.15, -0.1) is 0 Å². The lowest BCUT2D eigenvalue weighted by atomic mass is 10.0. The van der Waals surface area contributed by atoms with Gasteiger partial charge in [0, 0.05) is 0 Å². The molecule has 0 aliphatic rings. The van der Waals surface area contributed by atoms with Gasteiger partial charge < -0.3 is 15.5 Å². The summed E-state index contributed by atoms with van der Waals surface area (Å²) >= 11 is 0. The van der Waals surface area contributed by atoms with Gasteiger partial charge in [0.1, 0.15) is 6.10 Å². The third-order valence-corrected chi connectivity index (χ3v) is 8.18. The van der Waals surface area contributed by atoms with Crippen LogP contribution >= 0.6 is 0 Å². The molecule has 254 valence electrons. The highest BCUT2D eigenvalue weighted by Crippen LogP contribution is 2.14. The molecule has 3 atom stereocenters. The molecule has 0 aliphatic heterocycles. The summed E-state index contributed by atoms with van der Waals surface area (Å²) in [6.07, 6.45) is 31.0. The number of aliphatic hydroxyl groups is 2. The molecule has 0 rings (SSSR count). The van der Waals surface area contributed by atoms with E-state index in [4.69, 9.17) is 4.55 Å². The highest BCUT2D eigenvalue weighted by Gasteiger charge is 2.25. The van der Waals surface area contributed by atoms with Crippen LogP contribution in [0.1, 0.15) is 162 Å². The van der Waals surface area contributed by atoms with Crippen molar-refractivity contribution in [3.8, 4) is 0 Å². The number of amides is 1. The zero-order valence-corrected chi connectivity index (χ0v) is 28.2. The number of carbonyl (C=O) groups excluding carboxylic acids is 1. The average Bonchev–Trinajstić information content (AvgIpc) is 2.97. The third kappa shape index (κ3) is 29.2. The van der Waals surface area contributed by atoms with E-state index < -0.39 is 41.2 Å². The summed E-state index contributed by atoms with van der Waals surface area (Å²) in [5.41, 5.74) is 0. The monoisotopic (exact) mass is 631 g/mol. The summed E-state index contributed by atoms with van der Waals surface area (Å²) < 4.78 is 35.5. The molecule has 9 heteroatoms. The van der Waals surface area contributed by atoms with Crippen molar-refractivity contribution in [1.82, 2.24) is 5.32 Å². The van der Waals surface area contributed by atoms with E-state index in [1.165, 1.54) is 102 Å². The Morgan fingerprint density at radius 2 is 1.12 bits per heavy atom. The molecule has 0 radical (unpaired) electrons. The Morgan fingerprint density at radius 3 is 1.63 bits per heavy atom. The van der Waals surface area contributed by atoms with Crippen LogP contribution in [0.4, 0.5) is 0 Å². The zero-order valence-electron chi connectivity index (χ0n) is 27.4. The van der Waals surface area contributed by atoms with E-state index in [9.17, 15) is 23.4 Å². The fourth-order valence-electron chi connectivity index (χ4n) is 4.99. The molecule has 3 unspecified atom stereocenters. The van der Waals surface area contributed by atoms with Gasteiger partial charge in [0.25, 0.3) is 0 Å². The maximum atomic E-state index is 12.5. The molecule has 43 heavy (non-hydrogen) atoms. The smallest absolute Gasteiger partial charge is 0.387 e. The second-order valence-corrected chi connectivity index (χ2v) is 13.0. The van der Waals surface area contributed by atoms with Crippen molar-refractivity contribution in [2.24, 2.45) is 0 Å². The Bertz CT molecular complexity index is 801. The number of allylic oxidation sites excluding steroid dienone is 3. The quantitative estimate of drug-likeness (QED) is 0.0345. The Balaban J connectivity index is 4.30. The number of hydrogen-bond donors (Lipinski definition) is 4. The predicted molar refractivity (Wildman–Crippen MR) is 177 cm³/mol. The van der Waals surface area contributed by atoms with Crippen molar-refractivity contribution in [1.29, 1.82) is 0 Å². The number of aliphatic hydroxyl groups excluding tert-OH is 2. The van der Waals surface area contributed by atoms with Gasteiger partial charge in [0.2, 0.25) is 5.91 Å². The van der Waals surface area contributed by atoms with Gasteiger partial charge in [-0.25, -0.2) is 4.18 Å². The summed E-state index contributed by atoms with van der Waals surface area (Å²) in [7, 11) is -4.75. The minimum Gasteiger partial charge on any atom is -0.387 e. The molecule has 0 heterocycles. The summed E-state index contributed by atoms with van der Waals surface area (Å²) in [5, 5.41) is 23.3. The van der Waals surface area contributed by atoms with Gasteiger partial charge in [0.05, 0.1) is 18.8 Å². The van der Waals surface area contributed by atoms with E-state index in [1.54, 1.807) is 6.08 Å². The highest BCUT2D eigenvalue weighted by atomic mass is 32.3. The van der Waals surface area contributed by atoms with Crippen molar-refractivity contribution >= 4 is 16.3 Å². The van der Waals surface area contributed by atoms with Crippen LogP contribution in [0.2, 0.25) is 0 Å². The number of carbonyl (C=O) groups is 1. The van der Waals surface area contributed by atoms with Crippen molar-refractivity contribution in [2.45, 2.75) is 180 Å². The molecule has 0 aromatic heterocycles. The van der Waals surface area contributed by atoms with Crippen LogP contribution in [0, 0.1) is 0 Å². The van der Waals surface area contributed by atoms with Crippen LogP contribution in [0.15, 0.2) is 24.3 Å². The van der Waals surface area contributed by atoms with Crippen molar-refractivity contribution in [3.63, 3.8) is 0 Å². The summed E-state index contributed by atoms with van der Waals surface area (Å²) in [5.74, 6) is -0.701. The molecule has 8 nitrogen and oxygen atoms in total. The molecular formula is C34H65NO7S. The van der Waals surface area contributed by atoms with Crippen LogP contribution in [0.25, 0.3) is 0 Å². The van der Waals surface area contributed by atoms with Gasteiger partial charge in [0.15, 0.2) is 0 Å². The third-order valence-electron chi connectivity index (χ3n) is 7.74. The van der Waals surface area contributed by atoms with Crippen LogP contribution < -0.4 is 5.32 Å². The van der Waals surface area contributed by atoms with Crippen LogP contribution in [-0.2, 0) is 19.4 Å². The molecule has 4 N–H and O–H groups in total. The Hall–Kier alpha value is -1.26. The lowest BCUT2D eigenvalue weighted by Gasteiger charge is -2.23. The molecule has 0 aromatic rings. The topological polar surface area (TPSA) is 133 Å². The first kappa shape index (κ1) is 41.7. The van der Waals surface area contributed by atoms with Gasteiger partial charge in [-0.1, -0.05) is 154 Å². The maximum Gasteiger partial charge on any atom is 0.397 e. The fourth-order valence-corrected chi connectivity index (χ4v) is 5.31. The van der Waals surface area contributed by atoms with Crippen molar-refractivity contribution in [2.75, 3.05) is 6.61 Å². The van der Waals surface area contributed by atoms with Crippen LogP contribution in [0.5, 0.6) is 0 Å². The minimum atomic E-state index is -4.75. The van der Waals surface area contributed by atoms with Crippen molar-refractivity contribution in [3.05, 3.63) is 24.3 Å². The predicted octanol–water partition coefficient (Wildman–Crippen LogP) is 8.14. The van der Waals surface area contributed by atoms with Gasteiger partial charge in [-0.05, 0) is 32.1 Å². The highest BCUT2D eigenvalue weighted by molar-refractivity contribution is 7.80. The number of hydrogen-bond acceptors (Lipinski definition) is 6. The SMILES string of the molecule is CCCCCCCCCC=CCCC=CC(O)C(COS(=O)(=O)O)NC(=O)C(O)CCCCCCCCCCCCCC. The molecule has 0 saturated carbocycles. The summed E-state index contributed by atoms with van der Waals surface area (Å²) in [6.45, 7) is 3.80. The molecule has 0 saturated heterocycles.